The molecule has 0 unspecified atom stereocenters. The van der Waals surface area contributed by atoms with Gasteiger partial charge in [0.1, 0.15) is 0 Å². The Morgan fingerprint density at radius 2 is 2.17 bits per heavy atom. The van der Waals surface area contributed by atoms with E-state index in [4.69, 9.17) is 5.26 Å². The van der Waals surface area contributed by atoms with Crippen LogP contribution in [-0.2, 0) is 16.2 Å². The van der Waals surface area contributed by atoms with Crippen molar-refractivity contribution in [1.29, 1.82) is 0 Å². The second-order valence-electron chi connectivity index (χ2n) is 2.58. The smallest absolute Gasteiger partial charge is 0.257 e. The number of benzene rings is 1. The van der Waals surface area contributed by atoms with E-state index in [2.05, 4.69) is 4.99 Å². The van der Waals surface area contributed by atoms with Crippen LogP contribution in [0.4, 0.5) is 5.69 Å². The molecule has 1 N–H and O–H groups in total. The Labute approximate surface area is 68.9 Å². The van der Waals surface area contributed by atoms with Gasteiger partial charge in [0, 0.05) is 0 Å². The molecule has 1 aliphatic heterocycles. The molecule has 0 atom stereocenters. The molecule has 1 aromatic rings. The molecule has 0 aromatic heterocycles. The first-order valence-corrected chi connectivity index (χ1v) is 3.55. The first-order valence-electron chi connectivity index (χ1n) is 3.55. The monoisotopic (exact) mass is 165 g/mol. The van der Waals surface area contributed by atoms with Crippen molar-refractivity contribution in [3.63, 3.8) is 0 Å². The number of anilines is 1. The van der Waals surface area contributed by atoms with Gasteiger partial charge in [-0.3, -0.25) is 4.79 Å². The van der Waals surface area contributed by atoms with Crippen LogP contribution < -0.4 is 5.06 Å². The molecule has 1 aromatic carbocycles. The van der Waals surface area contributed by atoms with Gasteiger partial charge in [0.15, 0.2) is 0 Å². The zero-order chi connectivity index (χ0) is 8.55. The molecule has 62 valence electrons. The van der Waals surface area contributed by atoms with Gasteiger partial charge in [0.25, 0.3) is 5.91 Å². The third-order valence-electron chi connectivity index (χ3n) is 1.86. The Balaban J connectivity index is 2.47. The SMILES string of the molecule is O=C1Cc2ccccc2N1OO. The van der Waals surface area contributed by atoms with Crippen LogP contribution in [0.2, 0.25) is 0 Å². The van der Waals surface area contributed by atoms with Crippen molar-refractivity contribution in [2.75, 3.05) is 5.06 Å². The van der Waals surface area contributed by atoms with Crippen molar-refractivity contribution in [3.05, 3.63) is 29.8 Å². The lowest BCUT2D eigenvalue weighted by Crippen LogP contribution is -2.25. The molecule has 1 aliphatic rings. The number of fused-ring (bicyclic) bond motifs is 1. The lowest BCUT2D eigenvalue weighted by molar-refractivity contribution is -0.249. The molecule has 0 saturated carbocycles. The zero-order valence-corrected chi connectivity index (χ0v) is 6.23. The van der Waals surface area contributed by atoms with Gasteiger partial charge in [-0.25, -0.2) is 5.26 Å². The number of rotatable bonds is 1. The topological polar surface area (TPSA) is 49.8 Å². The Hall–Kier alpha value is -1.39. The van der Waals surface area contributed by atoms with E-state index < -0.39 is 0 Å². The Morgan fingerprint density at radius 1 is 1.42 bits per heavy atom. The molecule has 1 heterocycles. The average molecular weight is 165 g/mol. The molecule has 0 aliphatic carbocycles. The van der Waals surface area contributed by atoms with E-state index in [-0.39, 0.29) is 12.3 Å². The number of hydrogen-bond donors (Lipinski definition) is 1. The summed E-state index contributed by atoms with van der Waals surface area (Å²) in [5.41, 5.74) is 1.49. The summed E-state index contributed by atoms with van der Waals surface area (Å²) < 4.78 is 0. The predicted octanol–water partition coefficient (Wildman–Crippen LogP) is 0.980. The van der Waals surface area contributed by atoms with E-state index in [9.17, 15) is 4.79 Å². The number of hydrogen-bond acceptors (Lipinski definition) is 3. The molecule has 0 saturated heterocycles. The summed E-state index contributed by atoms with van der Waals surface area (Å²) in [5, 5.41) is 9.27. The van der Waals surface area contributed by atoms with Crippen LogP contribution in [0.15, 0.2) is 24.3 Å². The number of hydroxylamine groups is 1. The molecule has 0 bridgehead atoms. The van der Waals surface area contributed by atoms with E-state index >= 15 is 0 Å². The van der Waals surface area contributed by atoms with Gasteiger partial charge < -0.3 is 0 Å². The Kier molecular flexibility index (Phi) is 1.56. The highest BCUT2D eigenvalue weighted by Crippen LogP contribution is 2.27. The molecule has 4 nitrogen and oxygen atoms in total. The van der Waals surface area contributed by atoms with Crippen molar-refractivity contribution in [1.82, 2.24) is 0 Å². The number of para-hydroxylation sites is 1. The lowest BCUT2D eigenvalue weighted by Gasteiger charge is -2.09. The molecule has 4 heteroatoms. The summed E-state index contributed by atoms with van der Waals surface area (Å²) >= 11 is 0. The third-order valence-corrected chi connectivity index (χ3v) is 1.86. The molecule has 12 heavy (non-hydrogen) atoms. The van der Waals surface area contributed by atoms with Crippen LogP contribution >= 0.6 is 0 Å². The quantitative estimate of drug-likeness (QED) is 0.498. The van der Waals surface area contributed by atoms with Crippen molar-refractivity contribution < 1.29 is 15.0 Å². The van der Waals surface area contributed by atoms with Gasteiger partial charge in [0.05, 0.1) is 12.1 Å². The second kappa shape index (κ2) is 2.58. The summed E-state index contributed by atoms with van der Waals surface area (Å²) in [4.78, 5) is 15.0. The van der Waals surface area contributed by atoms with Gasteiger partial charge in [-0.15, -0.1) is 4.99 Å². The molecule has 1 amide bonds. The van der Waals surface area contributed by atoms with Gasteiger partial charge in [-0.05, 0) is 11.6 Å². The van der Waals surface area contributed by atoms with Crippen LogP contribution in [0.5, 0.6) is 0 Å². The lowest BCUT2D eigenvalue weighted by atomic mass is 10.2. The molecular formula is C8H7NO3. The highest BCUT2D eigenvalue weighted by molar-refractivity contribution is 5.99. The van der Waals surface area contributed by atoms with Crippen molar-refractivity contribution >= 4 is 11.6 Å². The molecule has 0 radical (unpaired) electrons. The predicted molar refractivity (Wildman–Crippen MR) is 41.3 cm³/mol. The van der Waals surface area contributed by atoms with Crippen molar-refractivity contribution in [2.24, 2.45) is 0 Å². The molecule has 0 spiro atoms. The van der Waals surface area contributed by atoms with Crippen LogP contribution in [0.25, 0.3) is 0 Å². The maximum atomic E-state index is 11.1. The van der Waals surface area contributed by atoms with E-state index in [1.807, 2.05) is 12.1 Å². The summed E-state index contributed by atoms with van der Waals surface area (Å²) in [6.45, 7) is 0. The summed E-state index contributed by atoms with van der Waals surface area (Å²) in [7, 11) is 0. The van der Waals surface area contributed by atoms with Crippen molar-refractivity contribution in [3.8, 4) is 0 Å². The van der Waals surface area contributed by atoms with Gasteiger partial charge in [-0.2, -0.15) is 5.06 Å². The maximum Gasteiger partial charge on any atom is 0.257 e. The molecule has 2 rings (SSSR count). The second-order valence-corrected chi connectivity index (χ2v) is 2.58. The average Bonchev–Trinajstić information content (AvgIpc) is 2.40. The van der Waals surface area contributed by atoms with E-state index in [1.165, 1.54) is 0 Å². The highest BCUT2D eigenvalue weighted by Gasteiger charge is 2.27. The summed E-state index contributed by atoms with van der Waals surface area (Å²) in [6, 6.07) is 7.17. The molecule has 0 fully saturated rings. The minimum absolute atomic E-state index is 0.251. The van der Waals surface area contributed by atoms with Crippen LogP contribution in [0, 0.1) is 0 Å². The zero-order valence-electron chi connectivity index (χ0n) is 6.23. The number of carbonyl (C=O) groups is 1. The first-order chi connectivity index (χ1) is 5.83. The number of amides is 1. The number of nitrogens with zero attached hydrogens (tertiary/aromatic N) is 1. The fourth-order valence-corrected chi connectivity index (χ4v) is 1.32. The van der Waals surface area contributed by atoms with E-state index in [1.54, 1.807) is 12.1 Å². The Morgan fingerprint density at radius 3 is 2.92 bits per heavy atom. The normalized spacial score (nSPS) is 15.1. The first kappa shape index (κ1) is 7.27. The minimum atomic E-state index is -0.251. The van der Waals surface area contributed by atoms with Crippen molar-refractivity contribution in [2.45, 2.75) is 6.42 Å². The summed E-state index contributed by atoms with van der Waals surface area (Å²) in [6.07, 6.45) is 0.288. The van der Waals surface area contributed by atoms with E-state index in [0.29, 0.717) is 5.69 Å². The van der Waals surface area contributed by atoms with Crippen LogP contribution in [0.3, 0.4) is 0 Å². The fraction of sp³-hybridized carbons (Fsp3) is 0.125. The highest BCUT2D eigenvalue weighted by atomic mass is 17.2. The van der Waals surface area contributed by atoms with Gasteiger partial charge in [-0.1, -0.05) is 18.2 Å². The summed E-state index contributed by atoms with van der Waals surface area (Å²) in [5.74, 6) is -0.251. The van der Waals surface area contributed by atoms with E-state index in [0.717, 1.165) is 10.6 Å². The maximum absolute atomic E-state index is 11.1. The van der Waals surface area contributed by atoms with Crippen LogP contribution in [0.1, 0.15) is 5.56 Å². The number of carbonyl (C=O) groups excluding carboxylic acids is 1. The van der Waals surface area contributed by atoms with Gasteiger partial charge in [0.2, 0.25) is 0 Å². The Bertz CT molecular complexity index is 324. The standard InChI is InChI=1S/C8H7NO3/c10-8-5-6-3-1-2-4-7(6)9(8)12-11/h1-4,11H,5H2. The van der Waals surface area contributed by atoms with Gasteiger partial charge >= 0.3 is 0 Å². The third kappa shape index (κ3) is 0.895. The largest absolute Gasteiger partial charge is 0.272 e. The minimum Gasteiger partial charge on any atom is -0.272 e. The molecular weight excluding hydrogens is 158 g/mol. The van der Waals surface area contributed by atoms with Crippen LogP contribution in [-0.4, -0.2) is 11.2 Å². The fourth-order valence-electron chi connectivity index (χ4n) is 1.32.